The van der Waals surface area contributed by atoms with Crippen LogP contribution < -0.4 is 0 Å². The molecule has 0 amide bonds. The molecule has 14 heavy (non-hydrogen) atoms. The highest BCUT2D eigenvalue weighted by molar-refractivity contribution is 7.09. The van der Waals surface area contributed by atoms with Gasteiger partial charge in [-0.15, -0.1) is 11.3 Å². The third-order valence-corrected chi connectivity index (χ3v) is 2.08. The summed E-state index contributed by atoms with van der Waals surface area (Å²) in [5.41, 5.74) is 8.23. The zero-order chi connectivity index (χ0) is 10.6. The number of carboxylic acids is 1. The zero-order valence-corrected chi connectivity index (χ0v) is 8.02. The van der Waals surface area contributed by atoms with Crippen LogP contribution in [0.25, 0.3) is 16.5 Å². The standard InChI is InChI=1S/C7H6N4O2S/c1-4-9-5(3-14-4)2-6(7(12)13)10-11-8/h2-3H,1H3,(H,12,13)/b6-2-. The Morgan fingerprint density at radius 2 is 2.57 bits per heavy atom. The van der Waals surface area contributed by atoms with Gasteiger partial charge in [0, 0.05) is 10.3 Å². The number of carbonyl (C=O) groups is 1. The number of nitrogens with zero attached hydrogens (tertiary/aromatic N) is 4. The highest BCUT2D eigenvalue weighted by Crippen LogP contribution is 2.12. The van der Waals surface area contributed by atoms with Crippen LogP contribution in [0.15, 0.2) is 16.2 Å². The molecule has 72 valence electrons. The number of azide groups is 1. The second kappa shape index (κ2) is 4.40. The molecule has 7 heteroatoms. The zero-order valence-electron chi connectivity index (χ0n) is 7.21. The van der Waals surface area contributed by atoms with E-state index >= 15 is 0 Å². The number of aryl methyl sites for hydroxylation is 1. The molecule has 0 aromatic carbocycles. The van der Waals surface area contributed by atoms with Crippen molar-refractivity contribution in [1.82, 2.24) is 4.98 Å². The highest BCUT2D eigenvalue weighted by atomic mass is 32.1. The number of aliphatic carboxylic acids is 1. The molecule has 0 radical (unpaired) electrons. The van der Waals surface area contributed by atoms with Crippen molar-refractivity contribution in [2.24, 2.45) is 5.11 Å². The second-order valence-corrected chi connectivity index (χ2v) is 3.38. The summed E-state index contributed by atoms with van der Waals surface area (Å²) in [6, 6.07) is 0. The lowest BCUT2D eigenvalue weighted by molar-refractivity contribution is -0.132. The molecule has 0 saturated carbocycles. The lowest BCUT2D eigenvalue weighted by atomic mass is 10.3. The van der Waals surface area contributed by atoms with Gasteiger partial charge in [-0.3, -0.25) is 0 Å². The fraction of sp³-hybridized carbons (Fsp3) is 0.143. The predicted octanol–water partition coefficient (Wildman–Crippen LogP) is 2.19. The minimum Gasteiger partial charge on any atom is -0.478 e. The molecule has 0 fully saturated rings. The maximum Gasteiger partial charge on any atom is 0.338 e. The van der Waals surface area contributed by atoms with E-state index in [2.05, 4.69) is 15.0 Å². The second-order valence-electron chi connectivity index (χ2n) is 2.32. The van der Waals surface area contributed by atoms with Gasteiger partial charge in [-0.2, -0.15) is 0 Å². The molecule has 0 aliphatic rings. The van der Waals surface area contributed by atoms with Gasteiger partial charge in [-0.25, -0.2) is 9.78 Å². The number of aromatic nitrogens is 1. The smallest absolute Gasteiger partial charge is 0.338 e. The van der Waals surface area contributed by atoms with Crippen LogP contribution >= 0.6 is 11.3 Å². The summed E-state index contributed by atoms with van der Waals surface area (Å²) in [6.07, 6.45) is 1.23. The predicted molar refractivity (Wildman–Crippen MR) is 51.6 cm³/mol. The molecule has 0 spiro atoms. The SMILES string of the molecule is Cc1nc(/C=C(\N=[N+]=[N-])C(=O)O)cs1. The highest BCUT2D eigenvalue weighted by Gasteiger charge is 2.05. The van der Waals surface area contributed by atoms with Crippen molar-refractivity contribution >= 4 is 23.4 Å². The molecular formula is C7H6N4O2S. The Morgan fingerprint density at radius 3 is 3.00 bits per heavy atom. The third kappa shape index (κ3) is 2.58. The van der Waals surface area contributed by atoms with Crippen LogP contribution in [-0.4, -0.2) is 16.1 Å². The van der Waals surface area contributed by atoms with Gasteiger partial charge >= 0.3 is 5.97 Å². The van der Waals surface area contributed by atoms with Crippen molar-refractivity contribution in [2.45, 2.75) is 6.92 Å². The van der Waals surface area contributed by atoms with Crippen LogP contribution in [0.2, 0.25) is 0 Å². The molecule has 0 unspecified atom stereocenters. The average Bonchev–Trinajstić information content (AvgIpc) is 2.50. The maximum absolute atomic E-state index is 10.5. The molecule has 1 aromatic heterocycles. The van der Waals surface area contributed by atoms with E-state index in [-0.39, 0.29) is 5.70 Å². The van der Waals surface area contributed by atoms with Crippen LogP contribution in [0.3, 0.4) is 0 Å². The fourth-order valence-electron chi connectivity index (χ4n) is 0.768. The molecule has 0 saturated heterocycles. The van der Waals surface area contributed by atoms with Crippen LogP contribution in [0, 0.1) is 6.92 Å². The van der Waals surface area contributed by atoms with Gasteiger partial charge in [-0.1, -0.05) is 5.11 Å². The number of hydrogen-bond donors (Lipinski definition) is 1. The van der Waals surface area contributed by atoms with Gasteiger partial charge in [-0.05, 0) is 18.5 Å². The van der Waals surface area contributed by atoms with Crippen molar-refractivity contribution in [1.29, 1.82) is 0 Å². The largest absolute Gasteiger partial charge is 0.478 e. The number of rotatable bonds is 3. The molecule has 6 nitrogen and oxygen atoms in total. The van der Waals surface area contributed by atoms with E-state index in [4.69, 9.17) is 10.6 Å². The third-order valence-electron chi connectivity index (χ3n) is 1.29. The van der Waals surface area contributed by atoms with Crippen molar-refractivity contribution < 1.29 is 9.90 Å². The lowest BCUT2D eigenvalue weighted by Crippen LogP contribution is -1.96. The van der Waals surface area contributed by atoms with Crippen molar-refractivity contribution in [2.75, 3.05) is 0 Å². The summed E-state index contributed by atoms with van der Waals surface area (Å²) >= 11 is 1.39. The van der Waals surface area contributed by atoms with E-state index in [1.165, 1.54) is 17.4 Å². The van der Waals surface area contributed by atoms with Crippen LogP contribution in [0.1, 0.15) is 10.7 Å². The van der Waals surface area contributed by atoms with Crippen LogP contribution in [0.4, 0.5) is 0 Å². The first-order valence-electron chi connectivity index (χ1n) is 3.55. The molecule has 0 aliphatic carbocycles. The molecule has 0 aliphatic heterocycles. The summed E-state index contributed by atoms with van der Waals surface area (Å²) in [5.74, 6) is -1.27. The fourth-order valence-corrected chi connectivity index (χ4v) is 1.34. The molecule has 1 N–H and O–H groups in total. The first kappa shape index (κ1) is 10.2. The minimum absolute atomic E-state index is 0.363. The molecule has 1 rings (SSSR count). The van der Waals surface area contributed by atoms with E-state index < -0.39 is 5.97 Å². The van der Waals surface area contributed by atoms with Gasteiger partial charge in [0.25, 0.3) is 0 Å². The summed E-state index contributed by atoms with van der Waals surface area (Å²) in [5, 5.41) is 14.2. The molecule has 1 heterocycles. The first-order valence-corrected chi connectivity index (χ1v) is 4.43. The average molecular weight is 210 g/mol. The minimum atomic E-state index is -1.27. The van der Waals surface area contributed by atoms with Crippen LogP contribution in [-0.2, 0) is 4.79 Å². The van der Waals surface area contributed by atoms with Gasteiger partial charge in [0.1, 0.15) is 5.70 Å². The number of hydrogen-bond acceptors (Lipinski definition) is 4. The van der Waals surface area contributed by atoms with Crippen LogP contribution in [0.5, 0.6) is 0 Å². The Bertz CT molecular complexity index is 427. The lowest BCUT2D eigenvalue weighted by Gasteiger charge is -1.89. The Hall–Kier alpha value is -1.85. The summed E-state index contributed by atoms with van der Waals surface area (Å²) in [7, 11) is 0. The molecule has 1 aromatic rings. The molecular weight excluding hydrogens is 204 g/mol. The van der Waals surface area contributed by atoms with E-state index in [0.717, 1.165) is 5.01 Å². The van der Waals surface area contributed by atoms with E-state index in [1.54, 1.807) is 12.3 Å². The van der Waals surface area contributed by atoms with E-state index in [9.17, 15) is 4.79 Å². The summed E-state index contributed by atoms with van der Waals surface area (Å²) in [4.78, 5) is 17.0. The van der Waals surface area contributed by atoms with Gasteiger partial charge < -0.3 is 5.11 Å². The molecule has 0 bridgehead atoms. The Labute approximate surface area is 83.2 Å². The topological polar surface area (TPSA) is 99.0 Å². The summed E-state index contributed by atoms with van der Waals surface area (Å²) < 4.78 is 0. The van der Waals surface area contributed by atoms with Crippen molar-refractivity contribution in [3.05, 3.63) is 32.2 Å². The van der Waals surface area contributed by atoms with E-state index in [0.29, 0.717) is 5.69 Å². The number of thiazole rings is 1. The first-order chi connectivity index (χ1) is 6.63. The molecule has 0 atom stereocenters. The quantitative estimate of drug-likeness (QED) is 0.358. The van der Waals surface area contributed by atoms with Gasteiger partial charge in [0.05, 0.1) is 10.7 Å². The monoisotopic (exact) mass is 210 g/mol. The van der Waals surface area contributed by atoms with Crippen molar-refractivity contribution in [3.8, 4) is 0 Å². The Balaban J connectivity index is 3.04. The number of carboxylic acid groups (broad SMARTS) is 1. The maximum atomic E-state index is 10.5. The Kier molecular flexibility index (Phi) is 3.22. The normalized spacial score (nSPS) is 10.8. The summed E-state index contributed by atoms with van der Waals surface area (Å²) in [6.45, 7) is 1.80. The van der Waals surface area contributed by atoms with Gasteiger partial charge in [0.15, 0.2) is 0 Å². The Morgan fingerprint density at radius 1 is 1.86 bits per heavy atom. The van der Waals surface area contributed by atoms with Crippen molar-refractivity contribution in [3.63, 3.8) is 0 Å². The van der Waals surface area contributed by atoms with Gasteiger partial charge in [0.2, 0.25) is 0 Å². The van der Waals surface area contributed by atoms with E-state index in [1.807, 2.05) is 0 Å².